The Hall–Kier alpha value is -0.271. The summed E-state index contributed by atoms with van der Waals surface area (Å²) in [5.74, 6) is 7.05. The second kappa shape index (κ2) is 8.90. The topological polar surface area (TPSA) is 15.6 Å². The SMILES string of the molecule is C[C]1[CH][C](C)[C](C)[C]1C.[CH]1[CH][C]2N=CC=C(N3CCCC3)[C]2[CH]1.[Fe]. The molecule has 0 spiro atoms. The van der Waals surface area contributed by atoms with E-state index in [0.717, 1.165) is 6.04 Å². The molecule has 2 saturated carbocycles. The van der Waals surface area contributed by atoms with Crippen LogP contribution in [0.5, 0.6) is 0 Å². The number of fused-ring (bicyclic) bond motifs is 1. The second-order valence-corrected chi connectivity index (χ2v) is 6.61. The number of likely N-dealkylation sites (tertiary alicyclic amines) is 1. The molecule has 0 N–H and O–H groups in total. The molecule has 2 nitrogen and oxygen atoms in total. The van der Waals surface area contributed by atoms with Crippen LogP contribution in [-0.2, 0) is 17.1 Å². The molecule has 4 rings (SSSR count). The normalized spacial score (nSPS) is 27.0. The van der Waals surface area contributed by atoms with Crippen LogP contribution >= 0.6 is 0 Å². The van der Waals surface area contributed by atoms with Gasteiger partial charge in [0.25, 0.3) is 0 Å². The molecule has 2 aliphatic heterocycles. The molecule has 128 valence electrons. The molecular formula is C21H26FeN2. The molecule has 0 atom stereocenters. The Labute approximate surface area is 160 Å². The number of hydrogen-bond acceptors (Lipinski definition) is 2. The minimum absolute atomic E-state index is 0. The van der Waals surface area contributed by atoms with Crippen LogP contribution in [0.15, 0.2) is 16.8 Å². The molecular weight excluding hydrogens is 336 g/mol. The smallest absolute Gasteiger partial charge is 0.103 e. The maximum Gasteiger partial charge on any atom is 0.103 e. The summed E-state index contributed by atoms with van der Waals surface area (Å²) in [6.07, 6.45) is 15.3. The van der Waals surface area contributed by atoms with Crippen LogP contribution < -0.4 is 0 Å². The number of nitrogens with zero attached hydrogens (tertiary/aromatic N) is 2. The Morgan fingerprint density at radius 3 is 2.08 bits per heavy atom. The Balaban J connectivity index is 0.000000183. The van der Waals surface area contributed by atoms with Gasteiger partial charge in [0.05, 0.1) is 5.92 Å². The molecule has 0 bridgehead atoms. The maximum atomic E-state index is 4.35. The minimum atomic E-state index is 0. The van der Waals surface area contributed by atoms with Gasteiger partial charge in [0.15, 0.2) is 0 Å². The van der Waals surface area contributed by atoms with Crippen LogP contribution in [-0.4, -0.2) is 24.2 Å². The van der Waals surface area contributed by atoms with E-state index < -0.39 is 0 Å². The summed E-state index contributed by atoms with van der Waals surface area (Å²) in [4.78, 5) is 6.81. The van der Waals surface area contributed by atoms with Crippen LogP contribution in [0.4, 0.5) is 0 Å². The number of rotatable bonds is 1. The van der Waals surface area contributed by atoms with Crippen LogP contribution in [0.25, 0.3) is 0 Å². The summed E-state index contributed by atoms with van der Waals surface area (Å²) in [6.45, 7) is 11.1. The van der Waals surface area contributed by atoms with Crippen molar-refractivity contribution >= 4 is 6.21 Å². The van der Waals surface area contributed by atoms with Crippen molar-refractivity contribution in [2.24, 2.45) is 4.99 Å². The van der Waals surface area contributed by atoms with Gasteiger partial charge < -0.3 is 4.90 Å². The standard InChI is InChI=1S/C12H13N2.C9H13.Fe/c1-2-9-14(8-1)12-6-7-13-11-5-3-4-10(11)12;1-6-5-7(2)9(4)8(6)3;/h3-7H,1-2,8-9H2;5H,1-4H3;. The van der Waals surface area contributed by atoms with E-state index in [-0.39, 0.29) is 17.1 Å². The van der Waals surface area contributed by atoms with Crippen molar-refractivity contribution in [3.8, 4) is 0 Å². The van der Waals surface area contributed by atoms with Crippen molar-refractivity contribution in [2.45, 2.75) is 40.5 Å². The van der Waals surface area contributed by atoms with Crippen molar-refractivity contribution in [2.75, 3.05) is 13.1 Å². The molecule has 1 saturated heterocycles. The molecule has 24 heavy (non-hydrogen) atoms. The van der Waals surface area contributed by atoms with Gasteiger partial charge in [0.2, 0.25) is 0 Å². The van der Waals surface area contributed by atoms with Gasteiger partial charge >= 0.3 is 0 Å². The Morgan fingerprint density at radius 1 is 0.917 bits per heavy atom. The first-order valence-corrected chi connectivity index (χ1v) is 8.53. The van der Waals surface area contributed by atoms with E-state index in [0.29, 0.717) is 0 Å². The zero-order chi connectivity index (χ0) is 16.4. The average Bonchev–Trinajstić information content (AvgIpc) is 3.27. The second-order valence-electron chi connectivity index (χ2n) is 6.61. The van der Waals surface area contributed by atoms with E-state index in [1.54, 1.807) is 0 Å². The molecule has 4 aliphatic rings. The van der Waals surface area contributed by atoms with E-state index in [4.69, 9.17) is 0 Å². The van der Waals surface area contributed by atoms with Crippen molar-refractivity contribution in [3.63, 3.8) is 0 Å². The predicted molar refractivity (Wildman–Crippen MR) is 96.7 cm³/mol. The van der Waals surface area contributed by atoms with E-state index in [2.05, 4.69) is 69.3 Å². The van der Waals surface area contributed by atoms with Gasteiger partial charge in [-0.15, -0.1) is 0 Å². The number of aliphatic imine (C=N–C) groups is 1. The fraction of sp³-hybridized carbons (Fsp3) is 0.381. The third kappa shape index (κ3) is 4.28. The van der Waals surface area contributed by atoms with Gasteiger partial charge in [-0.05, 0) is 68.3 Å². The summed E-state index contributed by atoms with van der Waals surface area (Å²) >= 11 is 0. The molecule has 10 radical (unpaired) electrons. The molecule has 3 fully saturated rings. The number of allylic oxidation sites excluding steroid dienone is 1. The molecule has 0 aromatic carbocycles. The van der Waals surface area contributed by atoms with Crippen LogP contribution in [0.3, 0.4) is 0 Å². The van der Waals surface area contributed by atoms with Crippen molar-refractivity contribution in [1.29, 1.82) is 0 Å². The quantitative estimate of drug-likeness (QED) is 0.633. The first kappa shape index (κ1) is 20.0. The summed E-state index contributed by atoms with van der Waals surface area (Å²) in [5, 5.41) is 0. The van der Waals surface area contributed by atoms with Crippen molar-refractivity contribution < 1.29 is 17.1 Å². The fourth-order valence-corrected chi connectivity index (χ4v) is 3.38. The minimum Gasteiger partial charge on any atom is -0.374 e. The van der Waals surface area contributed by atoms with E-state index in [1.807, 2.05) is 6.21 Å². The first-order chi connectivity index (χ1) is 11.1. The first-order valence-electron chi connectivity index (χ1n) is 8.53. The van der Waals surface area contributed by atoms with Gasteiger partial charge in [0.1, 0.15) is 6.04 Å². The zero-order valence-corrected chi connectivity index (χ0v) is 16.1. The van der Waals surface area contributed by atoms with E-state index >= 15 is 0 Å². The van der Waals surface area contributed by atoms with E-state index in [9.17, 15) is 0 Å². The largest absolute Gasteiger partial charge is 0.374 e. The summed E-state index contributed by atoms with van der Waals surface area (Å²) in [6, 6.07) is 1.12. The van der Waals surface area contributed by atoms with Gasteiger partial charge in [-0.25, -0.2) is 0 Å². The molecule has 0 unspecified atom stereocenters. The number of hydrogen-bond donors (Lipinski definition) is 0. The summed E-state index contributed by atoms with van der Waals surface area (Å²) < 4.78 is 0. The Kier molecular flexibility index (Phi) is 7.43. The molecule has 0 aromatic rings. The third-order valence-electron chi connectivity index (χ3n) is 5.14. The monoisotopic (exact) mass is 362 g/mol. The fourth-order valence-electron chi connectivity index (χ4n) is 3.38. The average molecular weight is 362 g/mol. The van der Waals surface area contributed by atoms with E-state index in [1.165, 1.54) is 61.2 Å². The van der Waals surface area contributed by atoms with Crippen molar-refractivity contribution in [1.82, 2.24) is 4.90 Å². The van der Waals surface area contributed by atoms with Gasteiger partial charge in [-0.1, -0.05) is 27.7 Å². The molecule has 0 amide bonds. The predicted octanol–water partition coefficient (Wildman–Crippen LogP) is 4.36. The molecule has 3 heteroatoms. The van der Waals surface area contributed by atoms with Gasteiger partial charge in [-0.3, -0.25) is 4.99 Å². The molecule has 0 aromatic heterocycles. The zero-order valence-electron chi connectivity index (χ0n) is 15.0. The maximum absolute atomic E-state index is 4.35. The number of dihydropyridines is 1. The third-order valence-corrected chi connectivity index (χ3v) is 5.14. The molecule has 2 heterocycles. The molecule has 2 aliphatic carbocycles. The van der Waals surface area contributed by atoms with Crippen LogP contribution in [0, 0.1) is 61.3 Å². The van der Waals surface area contributed by atoms with Gasteiger partial charge in [-0.2, -0.15) is 0 Å². The summed E-state index contributed by atoms with van der Waals surface area (Å²) in [5.41, 5.74) is 1.36. The van der Waals surface area contributed by atoms with Crippen LogP contribution in [0.2, 0.25) is 0 Å². The summed E-state index contributed by atoms with van der Waals surface area (Å²) in [7, 11) is 0. The van der Waals surface area contributed by atoms with Crippen molar-refractivity contribution in [3.05, 3.63) is 73.1 Å². The Morgan fingerprint density at radius 2 is 1.54 bits per heavy atom. The van der Waals surface area contributed by atoms with Crippen LogP contribution in [0.1, 0.15) is 40.5 Å². The van der Waals surface area contributed by atoms with Gasteiger partial charge in [0, 0.05) is 42.1 Å². The Bertz CT molecular complexity index is 441.